The lowest BCUT2D eigenvalue weighted by Crippen LogP contribution is -2.38. The minimum absolute atomic E-state index is 0.0499. The van der Waals surface area contributed by atoms with Crippen molar-refractivity contribution in [1.82, 2.24) is 0 Å². The highest BCUT2D eigenvalue weighted by Crippen LogP contribution is 2.18. The first-order valence-electron chi connectivity index (χ1n) is 5.23. The Hall–Kier alpha value is -0.493. The molecule has 0 fully saturated rings. The van der Waals surface area contributed by atoms with Crippen molar-refractivity contribution in [3.05, 3.63) is 12.2 Å². The van der Waals surface area contributed by atoms with E-state index >= 15 is 0 Å². The number of hydrogen-bond donors (Lipinski definition) is 0. The third kappa shape index (κ3) is 4.57. The van der Waals surface area contributed by atoms with Crippen LogP contribution in [-0.4, -0.2) is 41.8 Å². The van der Waals surface area contributed by atoms with Crippen molar-refractivity contribution in [2.24, 2.45) is 0 Å². The van der Waals surface area contributed by atoms with E-state index in [0.29, 0.717) is 12.0 Å². The zero-order chi connectivity index (χ0) is 12.8. The van der Waals surface area contributed by atoms with Gasteiger partial charge in [-0.2, -0.15) is 0 Å². The molecular formula is C11H22O4Si. The van der Waals surface area contributed by atoms with Gasteiger partial charge in [0.05, 0.1) is 0 Å². The van der Waals surface area contributed by atoms with Crippen LogP contribution >= 0.6 is 0 Å². The second-order valence-electron chi connectivity index (χ2n) is 3.95. The third-order valence-electron chi connectivity index (χ3n) is 2.72. The number of ketones is 1. The van der Waals surface area contributed by atoms with Crippen molar-refractivity contribution in [2.75, 3.05) is 21.3 Å². The molecule has 0 amide bonds. The van der Waals surface area contributed by atoms with E-state index in [9.17, 15) is 4.79 Å². The number of methoxy groups -OCH3 is 1. The van der Waals surface area contributed by atoms with Crippen LogP contribution in [0.3, 0.4) is 0 Å². The van der Waals surface area contributed by atoms with E-state index in [2.05, 4.69) is 6.58 Å². The van der Waals surface area contributed by atoms with Gasteiger partial charge >= 0.3 is 8.56 Å². The van der Waals surface area contributed by atoms with Crippen LogP contribution < -0.4 is 0 Å². The Labute approximate surface area is 98.8 Å². The molecule has 0 saturated carbocycles. The maximum atomic E-state index is 11.7. The van der Waals surface area contributed by atoms with Gasteiger partial charge in [0.1, 0.15) is 6.10 Å². The zero-order valence-corrected chi connectivity index (χ0v) is 11.8. The van der Waals surface area contributed by atoms with Crippen LogP contribution in [0.1, 0.15) is 13.3 Å². The van der Waals surface area contributed by atoms with Gasteiger partial charge in [-0.1, -0.05) is 6.58 Å². The molecule has 0 aliphatic heterocycles. The average Bonchev–Trinajstić information content (AvgIpc) is 2.29. The summed E-state index contributed by atoms with van der Waals surface area (Å²) in [6.07, 6.45) is 0.168. The first-order chi connectivity index (χ1) is 7.40. The maximum absolute atomic E-state index is 11.7. The largest absolute Gasteiger partial charge is 0.398 e. The molecule has 0 rings (SSSR count). The number of carbonyl (C=O) groups excluding carboxylic acids is 1. The number of hydrogen-bond acceptors (Lipinski definition) is 4. The molecule has 0 aliphatic rings. The van der Waals surface area contributed by atoms with Gasteiger partial charge in [-0.3, -0.25) is 4.79 Å². The summed E-state index contributed by atoms with van der Waals surface area (Å²) in [4.78, 5) is 11.7. The predicted molar refractivity (Wildman–Crippen MR) is 65.7 cm³/mol. The summed E-state index contributed by atoms with van der Waals surface area (Å²) in [5.74, 6) is -0.0499. The molecule has 0 N–H and O–H groups in total. The van der Waals surface area contributed by atoms with E-state index < -0.39 is 14.7 Å². The molecule has 0 bridgehead atoms. The van der Waals surface area contributed by atoms with Crippen LogP contribution in [0.15, 0.2) is 12.2 Å². The molecule has 94 valence electrons. The predicted octanol–water partition coefficient (Wildman–Crippen LogP) is 1.90. The third-order valence-corrected chi connectivity index (χ3v) is 5.65. The van der Waals surface area contributed by atoms with Gasteiger partial charge in [0, 0.05) is 21.3 Å². The lowest BCUT2D eigenvalue weighted by molar-refractivity contribution is -0.125. The van der Waals surface area contributed by atoms with Crippen LogP contribution in [0.25, 0.3) is 0 Å². The molecule has 0 saturated heterocycles. The fourth-order valence-corrected chi connectivity index (χ4v) is 2.67. The molecular weight excluding hydrogens is 224 g/mol. The van der Waals surface area contributed by atoms with Crippen molar-refractivity contribution in [3.63, 3.8) is 0 Å². The summed E-state index contributed by atoms with van der Waals surface area (Å²) in [7, 11) is 2.69. The standard InChI is InChI=1S/C11H22O4Si/c1-9(2)11(12)10(13-3)7-8-16(6,14-4)15-5/h10H,1,7-8H2,2-6H3. The van der Waals surface area contributed by atoms with Crippen molar-refractivity contribution in [3.8, 4) is 0 Å². The molecule has 0 aromatic heterocycles. The highest BCUT2D eigenvalue weighted by Gasteiger charge is 2.31. The van der Waals surface area contributed by atoms with E-state index in [4.69, 9.17) is 13.6 Å². The first-order valence-corrected chi connectivity index (χ1v) is 7.75. The van der Waals surface area contributed by atoms with Crippen LogP contribution in [0.2, 0.25) is 12.6 Å². The average molecular weight is 246 g/mol. The van der Waals surface area contributed by atoms with E-state index in [-0.39, 0.29) is 5.78 Å². The molecule has 4 nitrogen and oxygen atoms in total. The molecule has 0 radical (unpaired) electrons. The Morgan fingerprint density at radius 1 is 1.31 bits per heavy atom. The summed E-state index contributed by atoms with van der Waals surface area (Å²) in [5.41, 5.74) is 0.519. The van der Waals surface area contributed by atoms with Crippen LogP contribution in [0, 0.1) is 0 Å². The van der Waals surface area contributed by atoms with Crippen molar-refractivity contribution in [1.29, 1.82) is 0 Å². The summed E-state index contributed by atoms with van der Waals surface area (Å²) in [6.45, 7) is 7.28. The minimum Gasteiger partial charge on any atom is -0.398 e. The Kier molecular flexibility index (Phi) is 6.74. The lowest BCUT2D eigenvalue weighted by atomic mass is 10.1. The van der Waals surface area contributed by atoms with Gasteiger partial charge < -0.3 is 13.6 Å². The second-order valence-corrected chi connectivity index (χ2v) is 7.53. The van der Waals surface area contributed by atoms with Crippen molar-refractivity contribution < 1.29 is 18.4 Å². The van der Waals surface area contributed by atoms with E-state index in [0.717, 1.165) is 6.04 Å². The Morgan fingerprint density at radius 3 is 2.12 bits per heavy atom. The monoisotopic (exact) mass is 246 g/mol. The molecule has 0 aromatic carbocycles. The Balaban J connectivity index is 4.35. The van der Waals surface area contributed by atoms with E-state index in [1.807, 2.05) is 6.55 Å². The fourth-order valence-electron chi connectivity index (χ4n) is 1.31. The van der Waals surface area contributed by atoms with Gasteiger partial charge in [-0.15, -0.1) is 0 Å². The molecule has 1 unspecified atom stereocenters. The number of Topliss-reactive ketones (excluding diaryl/α,β-unsaturated/α-hetero) is 1. The van der Waals surface area contributed by atoms with Crippen LogP contribution in [-0.2, 0) is 18.4 Å². The van der Waals surface area contributed by atoms with Crippen molar-refractivity contribution >= 4 is 14.3 Å². The Morgan fingerprint density at radius 2 is 1.81 bits per heavy atom. The summed E-state index contributed by atoms with van der Waals surface area (Å²) in [6, 6.07) is 0.720. The molecule has 1 atom stereocenters. The minimum atomic E-state index is -2.12. The summed E-state index contributed by atoms with van der Waals surface area (Å²) in [5, 5.41) is 0. The number of ether oxygens (including phenoxy) is 1. The second kappa shape index (κ2) is 6.96. The van der Waals surface area contributed by atoms with Crippen LogP contribution in [0.4, 0.5) is 0 Å². The molecule has 0 spiro atoms. The Bertz CT molecular complexity index is 248. The molecule has 0 aromatic rings. The zero-order valence-electron chi connectivity index (χ0n) is 10.8. The highest BCUT2D eigenvalue weighted by atomic mass is 28.4. The summed E-state index contributed by atoms with van der Waals surface area (Å²) < 4.78 is 15.9. The van der Waals surface area contributed by atoms with Crippen molar-refractivity contribution in [2.45, 2.75) is 32.0 Å². The first kappa shape index (κ1) is 15.5. The van der Waals surface area contributed by atoms with Gasteiger partial charge in [-0.25, -0.2) is 0 Å². The highest BCUT2D eigenvalue weighted by molar-refractivity contribution is 6.65. The normalized spacial score (nSPS) is 13.6. The number of rotatable bonds is 8. The molecule has 0 heterocycles. The smallest absolute Gasteiger partial charge is 0.334 e. The fraction of sp³-hybridized carbons (Fsp3) is 0.727. The van der Waals surface area contributed by atoms with E-state index in [1.165, 1.54) is 7.11 Å². The molecule has 16 heavy (non-hydrogen) atoms. The van der Waals surface area contributed by atoms with Crippen LogP contribution in [0.5, 0.6) is 0 Å². The van der Waals surface area contributed by atoms with Gasteiger partial charge in [0.25, 0.3) is 0 Å². The topological polar surface area (TPSA) is 44.8 Å². The lowest BCUT2D eigenvalue weighted by Gasteiger charge is -2.24. The van der Waals surface area contributed by atoms with Gasteiger partial charge in [0.15, 0.2) is 5.78 Å². The van der Waals surface area contributed by atoms with Gasteiger partial charge in [-0.05, 0) is 31.5 Å². The van der Waals surface area contributed by atoms with E-state index in [1.54, 1.807) is 21.1 Å². The number of carbonyl (C=O) groups is 1. The van der Waals surface area contributed by atoms with Gasteiger partial charge in [0.2, 0.25) is 0 Å². The molecule has 5 heteroatoms. The SMILES string of the molecule is C=C(C)C(=O)C(CC[Si](C)(OC)OC)OC. The maximum Gasteiger partial charge on any atom is 0.334 e. The summed E-state index contributed by atoms with van der Waals surface area (Å²) >= 11 is 0. The quantitative estimate of drug-likeness (QED) is 0.485. The molecule has 0 aliphatic carbocycles.